The normalized spacial score (nSPS) is 11.1. The molecule has 0 unspecified atom stereocenters. The van der Waals surface area contributed by atoms with Crippen molar-refractivity contribution in [2.24, 2.45) is 0 Å². The van der Waals surface area contributed by atoms with E-state index in [1.54, 1.807) is 24.3 Å². The maximum absolute atomic E-state index is 12.4. The number of carbonyl (C=O) groups is 2. The number of carboxylic acid groups (broad SMARTS) is 1. The molecule has 0 aromatic heterocycles. The molecule has 0 aliphatic rings. The van der Waals surface area contributed by atoms with Gasteiger partial charge in [-0.15, -0.1) is 0 Å². The van der Waals surface area contributed by atoms with E-state index < -0.39 is 11.8 Å². The number of nitrogens with one attached hydrogen (secondary N) is 1. The summed E-state index contributed by atoms with van der Waals surface area (Å²) in [6, 6.07) is 10.3. The molecule has 2 rings (SSSR count). The van der Waals surface area contributed by atoms with Crippen molar-refractivity contribution in [2.45, 2.75) is 13.8 Å². The highest BCUT2D eigenvalue weighted by Crippen LogP contribution is 2.27. The predicted molar refractivity (Wildman–Crippen MR) is 100 cm³/mol. The Morgan fingerprint density at radius 1 is 1.16 bits per heavy atom. The second-order valence-corrected chi connectivity index (χ2v) is 6.36. The van der Waals surface area contributed by atoms with E-state index in [9.17, 15) is 14.7 Å². The summed E-state index contributed by atoms with van der Waals surface area (Å²) in [6.07, 6.45) is 1.07. The minimum atomic E-state index is -1.22. The first-order chi connectivity index (χ1) is 11.8. The summed E-state index contributed by atoms with van der Waals surface area (Å²) in [7, 11) is 1.50. The predicted octanol–water partition coefficient (Wildman–Crippen LogP) is 4.34. The van der Waals surface area contributed by atoms with Gasteiger partial charge in [0.15, 0.2) is 5.78 Å². The summed E-state index contributed by atoms with van der Waals surface area (Å²) in [5, 5.41) is 12.2. The number of halogens is 1. The Labute approximate surface area is 154 Å². The van der Waals surface area contributed by atoms with Crippen molar-refractivity contribution in [2.75, 3.05) is 12.4 Å². The molecule has 0 spiro atoms. The quantitative estimate of drug-likeness (QED) is 0.554. The van der Waals surface area contributed by atoms with E-state index in [0.29, 0.717) is 17.0 Å². The van der Waals surface area contributed by atoms with E-state index in [2.05, 4.69) is 21.2 Å². The van der Waals surface area contributed by atoms with Crippen molar-refractivity contribution in [1.29, 1.82) is 0 Å². The second kappa shape index (κ2) is 7.98. The van der Waals surface area contributed by atoms with Crippen molar-refractivity contribution >= 4 is 33.4 Å². The molecule has 2 aromatic carbocycles. The number of anilines is 1. The van der Waals surface area contributed by atoms with E-state index in [1.165, 1.54) is 7.11 Å². The van der Waals surface area contributed by atoms with Gasteiger partial charge in [0.1, 0.15) is 11.4 Å². The molecule has 5 nitrogen and oxygen atoms in total. The summed E-state index contributed by atoms with van der Waals surface area (Å²) in [4.78, 5) is 23.9. The Balaban J connectivity index is 2.34. The fraction of sp³-hybridized carbons (Fsp3) is 0.158. The van der Waals surface area contributed by atoms with Crippen LogP contribution in [0.15, 0.2) is 52.6 Å². The van der Waals surface area contributed by atoms with Crippen LogP contribution in [0.5, 0.6) is 5.75 Å². The Morgan fingerprint density at radius 2 is 1.84 bits per heavy atom. The van der Waals surface area contributed by atoms with Crippen molar-refractivity contribution in [3.05, 3.63) is 69.3 Å². The molecule has 0 heterocycles. The van der Waals surface area contributed by atoms with Crippen LogP contribution in [-0.2, 0) is 4.79 Å². The van der Waals surface area contributed by atoms with Crippen molar-refractivity contribution < 1.29 is 19.4 Å². The molecular formula is C19H18BrNO4. The van der Waals surface area contributed by atoms with Gasteiger partial charge in [0.05, 0.1) is 12.8 Å². The van der Waals surface area contributed by atoms with Gasteiger partial charge in [-0.2, -0.15) is 0 Å². The number of benzene rings is 2. The molecule has 0 bridgehead atoms. The third-order valence-corrected chi connectivity index (χ3v) is 4.37. The van der Waals surface area contributed by atoms with Crippen LogP contribution in [0.4, 0.5) is 5.69 Å². The van der Waals surface area contributed by atoms with Crippen molar-refractivity contribution in [3.8, 4) is 5.75 Å². The Hall–Kier alpha value is -2.60. The van der Waals surface area contributed by atoms with Gasteiger partial charge < -0.3 is 15.2 Å². The maximum Gasteiger partial charge on any atom is 0.352 e. The molecule has 0 amide bonds. The Morgan fingerprint density at radius 3 is 2.48 bits per heavy atom. The first-order valence-corrected chi connectivity index (χ1v) is 8.28. The molecule has 6 heteroatoms. The fourth-order valence-electron chi connectivity index (χ4n) is 2.16. The molecule has 0 radical (unpaired) electrons. The number of carbonyl (C=O) groups excluding carboxylic acids is 1. The Kier molecular flexibility index (Phi) is 5.98. The van der Waals surface area contributed by atoms with Crippen LogP contribution in [0.1, 0.15) is 21.5 Å². The highest BCUT2D eigenvalue weighted by molar-refractivity contribution is 9.10. The monoisotopic (exact) mass is 403 g/mol. The Bertz CT molecular complexity index is 858. The minimum Gasteiger partial charge on any atom is -0.497 e. The number of rotatable bonds is 6. The van der Waals surface area contributed by atoms with Crippen LogP contribution < -0.4 is 10.1 Å². The summed E-state index contributed by atoms with van der Waals surface area (Å²) < 4.78 is 5.80. The number of carboxylic acids is 1. The zero-order chi connectivity index (χ0) is 18.6. The van der Waals surface area contributed by atoms with Crippen LogP contribution in [0, 0.1) is 13.8 Å². The lowest BCUT2D eigenvalue weighted by Crippen LogP contribution is -2.13. The number of aliphatic carboxylic acids is 1. The molecule has 2 N–H and O–H groups in total. The summed E-state index contributed by atoms with van der Waals surface area (Å²) in [6.45, 7) is 3.89. The largest absolute Gasteiger partial charge is 0.497 e. The van der Waals surface area contributed by atoms with Crippen LogP contribution in [0.25, 0.3) is 0 Å². The van der Waals surface area contributed by atoms with Crippen LogP contribution in [0.2, 0.25) is 0 Å². The number of ketones is 1. The van der Waals surface area contributed by atoms with E-state index in [1.807, 2.05) is 26.0 Å². The molecule has 130 valence electrons. The summed E-state index contributed by atoms with van der Waals surface area (Å²) >= 11 is 3.40. The third-order valence-electron chi connectivity index (χ3n) is 3.71. The maximum atomic E-state index is 12.4. The molecule has 0 fully saturated rings. The van der Waals surface area contributed by atoms with Crippen molar-refractivity contribution in [3.63, 3.8) is 0 Å². The lowest BCUT2D eigenvalue weighted by molar-refractivity contribution is -0.132. The number of hydrogen-bond donors (Lipinski definition) is 2. The van der Waals surface area contributed by atoms with E-state index in [0.717, 1.165) is 21.7 Å². The van der Waals surface area contributed by atoms with Crippen LogP contribution in [0.3, 0.4) is 0 Å². The van der Waals surface area contributed by atoms with Gasteiger partial charge in [-0.3, -0.25) is 4.79 Å². The lowest BCUT2D eigenvalue weighted by atomic mass is 10.1. The molecular weight excluding hydrogens is 386 g/mol. The average molecular weight is 404 g/mol. The number of aryl methyl sites for hydroxylation is 2. The number of ether oxygens (including phenoxy) is 1. The fourth-order valence-corrected chi connectivity index (χ4v) is 2.72. The highest BCUT2D eigenvalue weighted by Gasteiger charge is 2.14. The summed E-state index contributed by atoms with van der Waals surface area (Å²) in [5.41, 5.74) is 2.80. The van der Waals surface area contributed by atoms with Gasteiger partial charge in [-0.05, 0) is 65.2 Å². The van der Waals surface area contributed by atoms with Gasteiger partial charge in [-0.25, -0.2) is 4.79 Å². The second-order valence-electron chi connectivity index (χ2n) is 5.50. The summed E-state index contributed by atoms with van der Waals surface area (Å²) in [5.74, 6) is -1.12. The van der Waals surface area contributed by atoms with Crippen LogP contribution >= 0.6 is 15.9 Å². The molecule has 0 aliphatic heterocycles. The lowest BCUT2D eigenvalue weighted by Gasteiger charge is -2.12. The smallest absolute Gasteiger partial charge is 0.352 e. The zero-order valence-electron chi connectivity index (χ0n) is 14.1. The van der Waals surface area contributed by atoms with Gasteiger partial charge in [0, 0.05) is 16.1 Å². The van der Waals surface area contributed by atoms with Crippen LogP contribution in [-0.4, -0.2) is 24.0 Å². The molecule has 25 heavy (non-hydrogen) atoms. The SMILES string of the molecule is COc1cccc(C(=O)/C=C(\Nc2cc(C)c(C)cc2Br)C(=O)O)c1. The van der Waals surface area contributed by atoms with Gasteiger partial charge in [0.2, 0.25) is 0 Å². The minimum absolute atomic E-state index is 0.211. The number of hydrogen-bond acceptors (Lipinski definition) is 4. The first kappa shape index (κ1) is 18.7. The first-order valence-electron chi connectivity index (χ1n) is 7.49. The topological polar surface area (TPSA) is 75.6 Å². The average Bonchev–Trinajstić information content (AvgIpc) is 2.58. The zero-order valence-corrected chi connectivity index (χ0v) is 15.7. The molecule has 0 aliphatic carbocycles. The molecule has 0 saturated heterocycles. The van der Waals surface area contributed by atoms with Gasteiger partial charge in [-0.1, -0.05) is 12.1 Å². The molecule has 2 aromatic rings. The van der Waals surface area contributed by atoms with E-state index in [4.69, 9.17) is 4.74 Å². The highest BCUT2D eigenvalue weighted by atomic mass is 79.9. The number of allylic oxidation sites excluding steroid dienone is 1. The number of methoxy groups -OCH3 is 1. The van der Waals surface area contributed by atoms with Gasteiger partial charge >= 0.3 is 5.97 Å². The molecule has 0 atom stereocenters. The molecule has 0 saturated carbocycles. The van der Waals surface area contributed by atoms with E-state index >= 15 is 0 Å². The van der Waals surface area contributed by atoms with E-state index in [-0.39, 0.29) is 5.70 Å². The van der Waals surface area contributed by atoms with Gasteiger partial charge in [0.25, 0.3) is 0 Å². The standard InChI is InChI=1S/C19H18BrNO4/c1-11-7-15(20)16(8-12(11)2)21-17(19(23)24)10-18(22)13-5-4-6-14(9-13)25-3/h4-10,21H,1-3H3,(H,23,24)/b17-10-. The van der Waals surface area contributed by atoms with Crippen molar-refractivity contribution in [1.82, 2.24) is 0 Å². The third kappa shape index (κ3) is 4.70.